The zero-order chi connectivity index (χ0) is 13.7. The summed E-state index contributed by atoms with van der Waals surface area (Å²) in [5.74, 6) is 0. The minimum Gasteiger partial charge on any atom is -0.316 e. The molecule has 0 aromatic carbocycles. The smallest absolute Gasteiger partial charge is 0.0544 e. The molecule has 0 amide bonds. The van der Waals surface area contributed by atoms with Gasteiger partial charge in [0, 0.05) is 45.0 Å². The van der Waals surface area contributed by atoms with E-state index in [4.69, 9.17) is 0 Å². The predicted molar refractivity (Wildman–Crippen MR) is 79.0 cm³/mol. The molecule has 1 N–H and O–H groups in total. The van der Waals surface area contributed by atoms with Crippen molar-refractivity contribution in [2.45, 2.75) is 32.5 Å². The Bertz CT molecular complexity index is 376. The maximum Gasteiger partial charge on any atom is 0.0544 e. The fourth-order valence-corrected chi connectivity index (χ4v) is 2.68. The van der Waals surface area contributed by atoms with Crippen LogP contribution in [0.3, 0.4) is 0 Å². The van der Waals surface area contributed by atoms with Gasteiger partial charge in [0.2, 0.25) is 0 Å². The van der Waals surface area contributed by atoms with E-state index in [0.29, 0.717) is 6.04 Å². The van der Waals surface area contributed by atoms with Gasteiger partial charge in [-0.15, -0.1) is 0 Å². The van der Waals surface area contributed by atoms with Crippen LogP contribution in [-0.4, -0.2) is 54.6 Å². The van der Waals surface area contributed by atoms with E-state index in [1.54, 1.807) is 0 Å². The lowest BCUT2D eigenvalue weighted by Gasteiger charge is -2.39. The minimum absolute atomic E-state index is 0.692. The highest BCUT2D eigenvalue weighted by molar-refractivity contribution is 5.14. The van der Waals surface area contributed by atoms with E-state index in [-0.39, 0.29) is 0 Å². The molecule has 106 valence electrons. The van der Waals surface area contributed by atoms with Crippen molar-refractivity contribution < 1.29 is 0 Å². The van der Waals surface area contributed by atoms with E-state index in [9.17, 15) is 0 Å². The number of hydrogen-bond acceptors (Lipinski definition) is 4. The van der Waals surface area contributed by atoms with Crippen LogP contribution in [0.15, 0.2) is 18.3 Å². The Morgan fingerprint density at radius 3 is 2.84 bits per heavy atom. The van der Waals surface area contributed by atoms with Crippen LogP contribution in [0, 0.1) is 0 Å². The SMILES string of the molecule is CCC1CN(Cc2ccc(CNC)cn2)CCN1C. The first-order valence-electron chi connectivity index (χ1n) is 7.24. The van der Waals surface area contributed by atoms with E-state index in [2.05, 4.69) is 46.2 Å². The molecule has 1 saturated heterocycles. The number of hydrogen-bond donors (Lipinski definition) is 1. The van der Waals surface area contributed by atoms with Crippen molar-refractivity contribution >= 4 is 0 Å². The highest BCUT2D eigenvalue weighted by Crippen LogP contribution is 2.13. The summed E-state index contributed by atoms with van der Waals surface area (Å²) in [6.07, 6.45) is 3.21. The van der Waals surface area contributed by atoms with Crippen molar-refractivity contribution in [3.8, 4) is 0 Å². The van der Waals surface area contributed by atoms with E-state index in [0.717, 1.165) is 32.7 Å². The first-order valence-corrected chi connectivity index (χ1v) is 7.24. The summed E-state index contributed by atoms with van der Waals surface area (Å²) in [5.41, 5.74) is 2.43. The zero-order valence-electron chi connectivity index (χ0n) is 12.4. The number of pyridine rings is 1. The number of rotatable bonds is 5. The van der Waals surface area contributed by atoms with Gasteiger partial charge in [-0.1, -0.05) is 13.0 Å². The highest BCUT2D eigenvalue weighted by Gasteiger charge is 2.22. The van der Waals surface area contributed by atoms with Crippen LogP contribution in [0.5, 0.6) is 0 Å². The summed E-state index contributed by atoms with van der Waals surface area (Å²) in [7, 11) is 4.19. The van der Waals surface area contributed by atoms with Gasteiger partial charge in [0.05, 0.1) is 5.69 Å². The molecule has 1 aliphatic heterocycles. The lowest BCUT2D eigenvalue weighted by atomic mass is 10.1. The largest absolute Gasteiger partial charge is 0.316 e. The van der Waals surface area contributed by atoms with E-state index in [1.807, 2.05) is 13.2 Å². The van der Waals surface area contributed by atoms with Gasteiger partial charge in [0.1, 0.15) is 0 Å². The molecule has 0 bridgehead atoms. The molecule has 1 aliphatic rings. The van der Waals surface area contributed by atoms with Crippen LogP contribution < -0.4 is 5.32 Å². The van der Waals surface area contributed by atoms with Crippen molar-refractivity contribution in [2.75, 3.05) is 33.7 Å². The van der Waals surface area contributed by atoms with Crippen molar-refractivity contribution in [3.63, 3.8) is 0 Å². The van der Waals surface area contributed by atoms with Crippen molar-refractivity contribution in [1.82, 2.24) is 20.1 Å². The molecule has 0 saturated carbocycles. The Labute approximate surface area is 116 Å². The molecule has 1 atom stereocenters. The fraction of sp³-hybridized carbons (Fsp3) is 0.667. The van der Waals surface area contributed by atoms with Crippen molar-refractivity contribution in [3.05, 3.63) is 29.6 Å². The van der Waals surface area contributed by atoms with Gasteiger partial charge in [-0.3, -0.25) is 9.88 Å². The molecule has 19 heavy (non-hydrogen) atoms. The number of aromatic nitrogens is 1. The average Bonchev–Trinajstić information content (AvgIpc) is 2.43. The summed E-state index contributed by atoms with van der Waals surface area (Å²) in [4.78, 5) is 9.56. The number of likely N-dealkylation sites (N-methyl/N-ethyl adjacent to an activating group) is 1. The van der Waals surface area contributed by atoms with Crippen LogP contribution >= 0.6 is 0 Å². The van der Waals surface area contributed by atoms with Crippen LogP contribution in [-0.2, 0) is 13.1 Å². The quantitative estimate of drug-likeness (QED) is 0.867. The van der Waals surface area contributed by atoms with Gasteiger partial charge in [-0.05, 0) is 32.1 Å². The third-order valence-electron chi connectivity index (χ3n) is 3.98. The molecule has 1 aromatic rings. The number of piperazine rings is 1. The lowest BCUT2D eigenvalue weighted by Crippen LogP contribution is -2.50. The van der Waals surface area contributed by atoms with Gasteiger partial charge >= 0.3 is 0 Å². The van der Waals surface area contributed by atoms with Gasteiger partial charge in [-0.2, -0.15) is 0 Å². The second-order valence-corrected chi connectivity index (χ2v) is 5.47. The highest BCUT2D eigenvalue weighted by atomic mass is 15.3. The third kappa shape index (κ3) is 4.00. The Kier molecular flexibility index (Phi) is 5.31. The Morgan fingerprint density at radius 2 is 2.21 bits per heavy atom. The van der Waals surface area contributed by atoms with E-state index < -0.39 is 0 Å². The van der Waals surface area contributed by atoms with Crippen LogP contribution in [0.25, 0.3) is 0 Å². The first kappa shape index (κ1) is 14.4. The summed E-state index contributed by atoms with van der Waals surface area (Å²) in [5, 5.41) is 3.15. The van der Waals surface area contributed by atoms with Crippen LogP contribution in [0.4, 0.5) is 0 Å². The van der Waals surface area contributed by atoms with Gasteiger partial charge in [0.15, 0.2) is 0 Å². The lowest BCUT2D eigenvalue weighted by molar-refractivity contribution is 0.0875. The second kappa shape index (κ2) is 6.98. The summed E-state index contributed by atoms with van der Waals surface area (Å²) in [6.45, 7) is 7.61. The molecule has 1 fully saturated rings. The monoisotopic (exact) mass is 262 g/mol. The maximum atomic E-state index is 4.57. The Morgan fingerprint density at radius 1 is 1.37 bits per heavy atom. The first-order chi connectivity index (χ1) is 9.22. The third-order valence-corrected chi connectivity index (χ3v) is 3.98. The second-order valence-electron chi connectivity index (χ2n) is 5.47. The van der Waals surface area contributed by atoms with E-state index >= 15 is 0 Å². The predicted octanol–water partition coefficient (Wildman–Crippen LogP) is 1.33. The Balaban J connectivity index is 1.90. The molecule has 4 heteroatoms. The molecule has 1 unspecified atom stereocenters. The van der Waals surface area contributed by atoms with Crippen LogP contribution in [0.1, 0.15) is 24.6 Å². The molecule has 0 spiro atoms. The van der Waals surface area contributed by atoms with E-state index in [1.165, 1.54) is 17.7 Å². The summed E-state index contributed by atoms with van der Waals surface area (Å²) >= 11 is 0. The van der Waals surface area contributed by atoms with Crippen molar-refractivity contribution in [1.29, 1.82) is 0 Å². The molecular formula is C15H26N4. The van der Waals surface area contributed by atoms with Gasteiger partial charge in [-0.25, -0.2) is 0 Å². The molecule has 2 heterocycles. The topological polar surface area (TPSA) is 31.4 Å². The summed E-state index contributed by atoms with van der Waals surface area (Å²) in [6, 6.07) is 5.02. The molecule has 2 rings (SSSR count). The fourth-order valence-electron chi connectivity index (χ4n) is 2.68. The molecule has 0 radical (unpaired) electrons. The Hall–Kier alpha value is -0.970. The number of nitrogens with one attached hydrogen (secondary N) is 1. The average molecular weight is 262 g/mol. The molecule has 4 nitrogen and oxygen atoms in total. The normalized spacial score (nSPS) is 21.7. The minimum atomic E-state index is 0.692. The number of nitrogens with zero attached hydrogens (tertiary/aromatic N) is 3. The molecular weight excluding hydrogens is 236 g/mol. The van der Waals surface area contributed by atoms with Crippen LogP contribution in [0.2, 0.25) is 0 Å². The standard InChI is InChI=1S/C15H26N4/c1-4-15-12-19(8-7-18(15)3)11-14-6-5-13(9-16-2)10-17-14/h5-6,10,15-16H,4,7-9,11-12H2,1-3H3. The van der Waals surface area contributed by atoms with Gasteiger partial charge < -0.3 is 10.2 Å². The van der Waals surface area contributed by atoms with Crippen molar-refractivity contribution in [2.24, 2.45) is 0 Å². The zero-order valence-corrected chi connectivity index (χ0v) is 12.4. The molecule has 1 aromatic heterocycles. The molecule has 0 aliphatic carbocycles. The van der Waals surface area contributed by atoms with Gasteiger partial charge in [0.25, 0.3) is 0 Å². The summed E-state index contributed by atoms with van der Waals surface area (Å²) < 4.78 is 0. The maximum absolute atomic E-state index is 4.57.